The zero-order valence-corrected chi connectivity index (χ0v) is 24.0. The van der Waals surface area contributed by atoms with Gasteiger partial charge in [-0.3, -0.25) is 14.5 Å². The molecule has 7 nitrogen and oxygen atoms in total. The van der Waals surface area contributed by atoms with Crippen LogP contribution in [-0.4, -0.2) is 87.2 Å². The van der Waals surface area contributed by atoms with Gasteiger partial charge in [0.25, 0.3) is 0 Å². The molecule has 7 heteroatoms. The summed E-state index contributed by atoms with van der Waals surface area (Å²) in [5.74, 6) is 0.251. The van der Waals surface area contributed by atoms with E-state index in [4.69, 9.17) is 14.2 Å². The normalized spacial score (nSPS) is 21.9. The number of Topliss-reactive ketones (excluding diaryl/α,β-unsaturated/α-hetero) is 1. The monoisotopic (exact) mass is 548 g/mol. The number of ether oxygens (including phenoxy) is 3. The van der Waals surface area contributed by atoms with Crippen molar-refractivity contribution in [3.8, 4) is 11.1 Å². The van der Waals surface area contributed by atoms with Gasteiger partial charge in [-0.05, 0) is 50.0 Å². The number of rotatable bonds is 14. The van der Waals surface area contributed by atoms with Crippen LogP contribution in [0.4, 0.5) is 0 Å². The number of esters is 1. The third-order valence-corrected chi connectivity index (χ3v) is 7.73. The molecule has 2 aliphatic rings. The maximum Gasteiger partial charge on any atom is 0.306 e. The average molecular weight is 549 g/mol. The van der Waals surface area contributed by atoms with Crippen LogP contribution in [-0.2, 0) is 30.4 Å². The molecule has 4 rings (SSSR count). The van der Waals surface area contributed by atoms with E-state index in [1.54, 1.807) is 0 Å². The molecular weight excluding hydrogens is 504 g/mol. The summed E-state index contributed by atoms with van der Waals surface area (Å²) in [5, 5.41) is 0. The Morgan fingerprint density at radius 2 is 1.70 bits per heavy atom. The molecule has 2 fully saturated rings. The van der Waals surface area contributed by atoms with Gasteiger partial charge in [0, 0.05) is 38.4 Å². The first-order valence-electron chi connectivity index (χ1n) is 14.6. The maximum atomic E-state index is 13.2. The molecule has 1 aliphatic heterocycles. The van der Waals surface area contributed by atoms with E-state index >= 15 is 0 Å². The first-order chi connectivity index (χ1) is 19.5. The highest BCUT2D eigenvalue weighted by Crippen LogP contribution is 2.35. The summed E-state index contributed by atoms with van der Waals surface area (Å²) in [6.07, 6.45) is 7.30. The van der Waals surface area contributed by atoms with Crippen molar-refractivity contribution in [3.05, 3.63) is 72.3 Å². The molecule has 1 saturated heterocycles. The van der Waals surface area contributed by atoms with E-state index in [1.165, 1.54) is 11.1 Å². The Hall–Kier alpha value is -2.84. The third kappa shape index (κ3) is 9.10. The Balaban J connectivity index is 1.30. The third-order valence-electron chi connectivity index (χ3n) is 7.73. The van der Waals surface area contributed by atoms with E-state index in [0.29, 0.717) is 45.7 Å². The van der Waals surface area contributed by atoms with Gasteiger partial charge in [0.15, 0.2) is 5.78 Å². The van der Waals surface area contributed by atoms with Crippen LogP contribution in [0.25, 0.3) is 11.1 Å². The van der Waals surface area contributed by atoms with Crippen molar-refractivity contribution in [3.63, 3.8) is 0 Å². The van der Waals surface area contributed by atoms with Crippen molar-refractivity contribution in [2.24, 2.45) is 5.92 Å². The summed E-state index contributed by atoms with van der Waals surface area (Å²) in [7, 11) is 3.91. The largest absolute Gasteiger partial charge is 0.464 e. The van der Waals surface area contributed by atoms with Crippen molar-refractivity contribution in [2.75, 3.05) is 53.6 Å². The number of morpholine rings is 1. The molecule has 0 amide bonds. The van der Waals surface area contributed by atoms with E-state index < -0.39 is 0 Å². The van der Waals surface area contributed by atoms with Crippen LogP contribution in [0.3, 0.4) is 0 Å². The van der Waals surface area contributed by atoms with Gasteiger partial charge >= 0.3 is 5.97 Å². The zero-order valence-electron chi connectivity index (χ0n) is 24.0. The molecule has 0 bridgehead atoms. The summed E-state index contributed by atoms with van der Waals surface area (Å²) in [6, 6.07) is 18.7. The van der Waals surface area contributed by atoms with Crippen molar-refractivity contribution < 1.29 is 23.8 Å². The smallest absolute Gasteiger partial charge is 0.306 e. The number of carbonyl (C=O) groups excluding carboxylic acids is 2. The van der Waals surface area contributed by atoms with Gasteiger partial charge in [0.1, 0.15) is 6.61 Å². The number of hydrogen-bond acceptors (Lipinski definition) is 7. The highest BCUT2D eigenvalue weighted by Gasteiger charge is 2.45. The average Bonchev–Trinajstić information content (AvgIpc) is 3.29. The lowest BCUT2D eigenvalue weighted by Crippen LogP contribution is -2.49. The second kappa shape index (κ2) is 15.8. The number of likely N-dealkylation sites (N-methyl/N-ethyl adjacent to an activating group) is 1. The number of ketones is 1. The fourth-order valence-corrected chi connectivity index (χ4v) is 5.54. The minimum atomic E-state index is -0.162. The van der Waals surface area contributed by atoms with Crippen molar-refractivity contribution in [2.45, 2.75) is 50.9 Å². The summed E-state index contributed by atoms with van der Waals surface area (Å²) in [6.45, 7) is 4.55. The lowest BCUT2D eigenvalue weighted by Gasteiger charge is -2.35. The molecule has 40 heavy (non-hydrogen) atoms. The van der Waals surface area contributed by atoms with E-state index in [1.807, 2.05) is 37.2 Å². The molecule has 1 aliphatic carbocycles. The Morgan fingerprint density at radius 3 is 2.42 bits per heavy atom. The highest BCUT2D eigenvalue weighted by molar-refractivity contribution is 5.87. The second-order valence-electron chi connectivity index (χ2n) is 11.0. The molecule has 2 aromatic rings. The minimum absolute atomic E-state index is 0.103. The molecule has 0 spiro atoms. The van der Waals surface area contributed by atoms with Gasteiger partial charge in [-0.2, -0.15) is 0 Å². The van der Waals surface area contributed by atoms with Crippen LogP contribution in [0.15, 0.2) is 66.7 Å². The fourth-order valence-electron chi connectivity index (χ4n) is 5.54. The molecular formula is C33H44N2O5. The maximum absolute atomic E-state index is 13.2. The van der Waals surface area contributed by atoms with Crippen LogP contribution in [0.2, 0.25) is 0 Å². The topological polar surface area (TPSA) is 68.3 Å². The number of carbonyl (C=O) groups is 2. The molecule has 0 unspecified atom stereocenters. The predicted molar refractivity (Wildman–Crippen MR) is 157 cm³/mol. The van der Waals surface area contributed by atoms with Gasteiger partial charge < -0.3 is 19.1 Å². The van der Waals surface area contributed by atoms with Crippen LogP contribution >= 0.6 is 0 Å². The standard InChI is InChI=1S/C33H44N2O5/c1-34(2)18-23-39-32(37)13-9-4-3-8-12-29-31(24-30(36)33(29)35-19-21-38-22-20-35)40-25-26-14-16-28(17-15-26)27-10-6-5-7-11-27/h3-7,10-11,14-17,29,31,33H,8-9,12-13,18-25H2,1-2H3/t29-,31-,33+/m0/s1. The number of benzene rings is 2. The molecule has 0 N–H and O–H groups in total. The number of nitrogens with zero attached hydrogens (tertiary/aromatic N) is 2. The molecule has 3 atom stereocenters. The van der Waals surface area contributed by atoms with E-state index in [0.717, 1.165) is 38.0 Å². The predicted octanol–water partition coefficient (Wildman–Crippen LogP) is 4.75. The SMILES string of the molecule is CN(C)CCOC(=O)CCC=CCC[C@H]1[C@@H](OCc2ccc(-c3ccccc3)cc2)CC(=O)[C@@H]1N1CCOCC1. The Morgan fingerprint density at radius 1 is 1.00 bits per heavy atom. The quantitative estimate of drug-likeness (QED) is 0.249. The Labute approximate surface area is 239 Å². The lowest BCUT2D eigenvalue weighted by molar-refractivity contribution is -0.143. The van der Waals surface area contributed by atoms with Gasteiger partial charge in [0.2, 0.25) is 0 Å². The summed E-state index contributed by atoms with van der Waals surface area (Å²) in [4.78, 5) is 29.4. The number of hydrogen-bond donors (Lipinski definition) is 0. The molecule has 1 saturated carbocycles. The van der Waals surface area contributed by atoms with Crippen LogP contribution in [0.1, 0.15) is 37.7 Å². The van der Waals surface area contributed by atoms with Crippen molar-refractivity contribution >= 4 is 11.8 Å². The molecule has 216 valence electrons. The minimum Gasteiger partial charge on any atom is -0.464 e. The van der Waals surface area contributed by atoms with Gasteiger partial charge in [-0.1, -0.05) is 66.7 Å². The highest BCUT2D eigenvalue weighted by atomic mass is 16.5. The Kier molecular flexibility index (Phi) is 11.9. The fraction of sp³-hybridized carbons (Fsp3) is 0.515. The summed E-state index contributed by atoms with van der Waals surface area (Å²) < 4.78 is 17.2. The van der Waals surface area contributed by atoms with E-state index in [-0.39, 0.29) is 29.8 Å². The molecule has 1 heterocycles. The second-order valence-corrected chi connectivity index (χ2v) is 11.0. The molecule has 2 aromatic carbocycles. The van der Waals surface area contributed by atoms with Crippen LogP contribution < -0.4 is 0 Å². The van der Waals surface area contributed by atoms with Crippen molar-refractivity contribution in [1.29, 1.82) is 0 Å². The molecule has 0 radical (unpaired) electrons. The van der Waals surface area contributed by atoms with E-state index in [9.17, 15) is 9.59 Å². The van der Waals surface area contributed by atoms with Gasteiger partial charge in [0.05, 0.1) is 32.0 Å². The Bertz CT molecular complexity index is 1080. The van der Waals surface area contributed by atoms with Gasteiger partial charge in [-0.15, -0.1) is 0 Å². The lowest BCUT2D eigenvalue weighted by atomic mass is 9.93. The van der Waals surface area contributed by atoms with Crippen LogP contribution in [0, 0.1) is 5.92 Å². The zero-order chi connectivity index (χ0) is 28.2. The first kappa shape index (κ1) is 30.1. The summed E-state index contributed by atoms with van der Waals surface area (Å²) >= 11 is 0. The van der Waals surface area contributed by atoms with Gasteiger partial charge in [-0.25, -0.2) is 0 Å². The number of allylic oxidation sites excluding steroid dienone is 2. The summed E-state index contributed by atoms with van der Waals surface area (Å²) in [5.41, 5.74) is 3.48. The van der Waals surface area contributed by atoms with Crippen LogP contribution in [0.5, 0.6) is 0 Å². The van der Waals surface area contributed by atoms with E-state index in [2.05, 4.69) is 53.5 Å². The molecule has 0 aromatic heterocycles. The first-order valence-corrected chi connectivity index (χ1v) is 14.6. The van der Waals surface area contributed by atoms with Crippen molar-refractivity contribution in [1.82, 2.24) is 9.80 Å².